The van der Waals surface area contributed by atoms with Crippen LogP contribution in [-0.4, -0.2) is 18.5 Å². The number of amides is 1. The van der Waals surface area contributed by atoms with Crippen LogP contribution in [0.25, 0.3) is 0 Å². The van der Waals surface area contributed by atoms with Crippen LogP contribution in [-0.2, 0) is 17.5 Å². The van der Waals surface area contributed by atoms with Gasteiger partial charge in [0.15, 0.2) is 0 Å². The quantitative estimate of drug-likeness (QED) is 0.898. The summed E-state index contributed by atoms with van der Waals surface area (Å²) in [6.45, 7) is 1.08. The van der Waals surface area contributed by atoms with Crippen molar-refractivity contribution in [3.8, 4) is 0 Å². The first kappa shape index (κ1) is 17.8. The molecule has 1 amide bonds. The highest BCUT2D eigenvalue weighted by molar-refractivity contribution is 5.85. The van der Waals surface area contributed by atoms with Crippen LogP contribution in [0.5, 0.6) is 0 Å². The number of halogens is 4. The van der Waals surface area contributed by atoms with Crippen molar-refractivity contribution in [2.45, 2.75) is 38.0 Å². The summed E-state index contributed by atoms with van der Waals surface area (Å²) in [7, 11) is 0. The largest absolute Gasteiger partial charge is 0.416 e. The second kappa shape index (κ2) is 7.66. The van der Waals surface area contributed by atoms with E-state index in [1.54, 1.807) is 0 Å². The van der Waals surface area contributed by atoms with Crippen molar-refractivity contribution >= 4 is 18.3 Å². The molecule has 0 saturated carbocycles. The Morgan fingerprint density at radius 3 is 2.43 bits per heavy atom. The Morgan fingerprint density at radius 2 is 1.90 bits per heavy atom. The Labute approximate surface area is 127 Å². The molecule has 1 unspecified atom stereocenters. The van der Waals surface area contributed by atoms with E-state index in [0.29, 0.717) is 5.56 Å². The monoisotopic (exact) mass is 322 g/mol. The van der Waals surface area contributed by atoms with Gasteiger partial charge in [-0.25, -0.2) is 0 Å². The van der Waals surface area contributed by atoms with Crippen molar-refractivity contribution in [3.05, 3.63) is 35.4 Å². The second-order valence-corrected chi connectivity index (χ2v) is 4.91. The van der Waals surface area contributed by atoms with Crippen molar-refractivity contribution < 1.29 is 18.0 Å². The number of carbonyl (C=O) groups excluding carboxylic acids is 1. The highest BCUT2D eigenvalue weighted by Crippen LogP contribution is 2.29. The van der Waals surface area contributed by atoms with Crippen molar-refractivity contribution in [1.82, 2.24) is 10.6 Å². The third kappa shape index (κ3) is 5.21. The SMILES string of the molecule is Cl.O=C(NCc1ccc(C(F)(F)F)cc1)C1CCCCN1. The number of carbonyl (C=O) groups is 1. The standard InChI is InChI=1S/C14H17F3N2O.ClH/c15-14(16,17)11-6-4-10(5-7-11)9-19-13(20)12-3-1-2-8-18-12;/h4-7,12,18H,1-3,8-9H2,(H,19,20);1H. The maximum Gasteiger partial charge on any atom is 0.416 e. The van der Waals surface area contributed by atoms with Gasteiger partial charge in [-0.3, -0.25) is 4.79 Å². The number of nitrogens with one attached hydrogen (secondary N) is 2. The van der Waals surface area contributed by atoms with Crippen LogP contribution in [0, 0.1) is 0 Å². The Balaban J connectivity index is 0.00000220. The molecule has 1 saturated heterocycles. The van der Waals surface area contributed by atoms with Gasteiger partial charge in [0.25, 0.3) is 0 Å². The molecule has 1 aromatic rings. The highest BCUT2D eigenvalue weighted by atomic mass is 35.5. The van der Waals surface area contributed by atoms with Crippen LogP contribution in [0.4, 0.5) is 13.2 Å². The van der Waals surface area contributed by atoms with Crippen LogP contribution in [0.3, 0.4) is 0 Å². The Hall–Kier alpha value is -1.27. The minimum absolute atomic E-state index is 0. The van der Waals surface area contributed by atoms with Gasteiger partial charge in [0.1, 0.15) is 0 Å². The summed E-state index contributed by atoms with van der Waals surface area (Å²) >= 11 is 0. The van der Waals surface area contributed by atoms with Gasteiger partial charge in [-0.2, -0.15) is 13.2 Å². The van der Waals surface area contributed by atoms with E-state index in [9.17, 15) is 18.0 Å². The lowest BCUT2D eigenvalue weighted by Gasteiger charge is -2.22. The lowest BCUT2D eigenvalue weighted by Crippen LogP contribution is -2.46. The van der Waals surface area contributed by atoms with Gasteiger partial charge >= 0.3 is 6.18 Å². The van der Waals surface area contributed by atoms with E-state index in [1.807, 2.05) is 0 Å². The molecule has 0 spiro atoms. The summed E-state index contributed by atoms with van der Waals surface area (Å²) in [4.78, 5) is 11.8. The van der Waals surface area contributed by atoms with Crippen LogP contribution in [0.1, 0.15) is 30.4 Å². The van der Waals surface area contributed by atoms with E-state index in [2.05, 4.69) is 10.6 Å². The van der Waals surface area contributed by atoms with E-state index >= 15 is 0 Å². The lowest BCUT2D eigenvalue weighted by atomic mass is 10.0. The third-order valence-corrected chi connectivity index (χ3v) is 3.37. The van der Waals surface area contributed by atoms with Crippen molar-refractivity contribution in [3.63, 3.8) is 0 Å². The number of piperidine rings is 1. The van der Waals surface area contributed by atoms with Gasteiger partial charge in [0.2, 0.25) is 5.91 Å². The van der Waals surface area contributed by atoms with Gasteiger partial charge < -0.3 is 10.6 Å². The van der Waals surface area contributed by atoms with Gasteiger partial charge in [-0.05, 0) is 37.1 Å². The predicted octanol–water partition coefficient (Wildman–Crippen LogP) is 2.89. The number of hydrogen-bond donors (Lipinski definition) is 2. The average molecular weight is 323 g/mol. The lowest BCUT2D eigenvalue weighted by molar-refractivity contribution is -0.137. The average Bonchev–Trinajstić information content (AvgIpc) is 2.45. The number of benzene rings is 1. The van der Waals surface area contributed by atoms with E-state index in [4.69, 9.17) is 0 Å². The second-order valence-electron chi connectivity index (χ2n) is 4.91. The van der Waals surface area contributed by atoms with Crippen molar-refractivity contribution in [2.24, 2.45) is 0 Å². The molecule has 21 heavy (non-hydrogen) atoms. The van der Waals surface area contributed by atoms with Gasteiger partial charge in [0.05, 0.1) is 11.6 Å². The third-order valence-electron chi connectivity index (χ3n) is 3.37. The Morgan fingerprint density at radius 1 is 1.24 bits per heavy atom. The fourth-order valence-corrected chi connectivity index (χ4v) is 2.20. The molecule has 1 aromatic carbocycles. The minimum Gasteiger partial charge on any atom is -0.351 e. The molecule has 1 heterocycles. The summed E-state index contributed by atoms with van der Waals surface area (Å²) in [6, 6.07) is 4.65. The molecular weight excluding hydrogens is 305 g/mol. The van der Waals surface area contributed by atoms with E-state index in [1.165, 1.54) is 12.1 Å². The topological polar surface area (TPSA) is 41.1 Å². The zero-order valence-corrected chi connectivity index (χ0v) is 12.2. The van der Waals surface area contributed by atoms with E-state index in [-0.39, 0.29) is 30.9 Å². The Kier molecular flexibility index (Phi) is 6.48. The first-order valence-corrected chi connectivity index (χ1v) is 6.64. The molecule has 0 bridgehead atoms. The van der Waals surface area contributed by atoms with Crippen LogP contribution in [0.2, 0.25) is 0 Å². The molecule has 1 atom stereocenters. The smallest absolute Gasteiger partial charge is 0.351 e. The fraction of sp³-hybridized carbons (Fsp3) is 0.500. The van der Waals surface area contributed by atoms with Crippen molar-refractivity contribution in [2.75, 3.05) is 6.54 Å². The van der Waals surface area contributed by atoms with E-state index < -0.39 is 11.7 Å². The first-order chi connectivity index (χ1) is 9.47. The predicted molar refractivity (Wildman–Crippen MR) is 76.2 cm³/mol. The molecule has 118 valence electrons. The molecule has 1 aliphatic rings. The molecular formula is C14H18ClF3N2O. The minimum atomic E-state index is -4.33. The van der Waals surface area contributed by atoms with Gasteiger partial charge in [-0.1, -0.05) is 18.6 Å². The Bertz CT molecular complexity index is 456. The molecule has 0 aliphatic carbocycles. The maximum absolute atomic E-state index is 12.4. The summed E-state index contributed by atoms with van der Waals surface area (Å²) in [5, 5.41) is 5.87. The molecule has 7 heteroatoms. The first-order valence-electron chi connectivity index (χ1n) is 6.64. The molecule has 1 aliphatic heterocycles. The summed E-state index contributed by atoms with van der Waals surface area (Å²) in [5.74, 6) is -0.0930. The summed E-state index contributed by atoms with van der Waals surface area (Å²) < 4.78 is 37.2. The molecule has 0 aromatic heterocycles. The van der Waals surface area contributed by atoms with Crippen LogP contribution < -0.4 is 10.6 Å². The van der Waals surface area contributed by atoms with Gasteiger partial charge in [0, 0.05) is 6.54 Å². The van der Waals surface area contributed by atoms with Crippen molar-refractivity contribution in [1.29, 1.82) is 0 Å². The summed E-state index contributed by atoms with van der Waals surface area (Å²) in [6.07, 6.45) is -1.43. The summed E-state index contributed by atoms with van der Waals surface area (Å²) in [5.41, 5.74) is -0.0244. The van der Waals surface area contributed by atoms with E-state index in [0.717, 1.165) is 37.9 Å². The molecule has 2 rings (SSSR count). The molecule has 2 N–H and O–H groups in total. The molecule has 3 nitrogen and oxygen atoms in total. The highest BCUT2D eigenvalue weighted by Gasteiger charge is 2.29. The normalized spacial score (nSPS) is 18.7. The van der Waals surface area contributed by atoms with Crippen LogP contribution >= 0.6 is 12.4 Å². The fourth-order valence-electron chi connectivity index (χ4n) is 2.20. The van der Waals surface area contributed by atoms with Gasteiger partial charge in [-0.15, -0.1) is 12.4 Å². The number of alkyl halides is 3. The van der Waals surface area contributed by atoms with Crippen LogP contribution in [0.15, 0.2) is 24.3 Å². The number of hydrogen-bond acceptors (Lipinski definition) is 2. The number of rotatable bonds is 3. The molecule has 0 radical (unpaired) electrons. The maximum atomic E-state index is 12.4. The zero-order valence-electron chi connectivity index (χ0n) is 11.4. The molecule has 1 fully saturated rings. The zero-order chi connectivity index (χ0) is 14.6.